The van der Waals surface area contributed by atoms with E-state index in [1.54, 1.807) is 0 Å². The highest BCUT2D eigenvalue weighted by molar-refractivity contribution is 5.21. The summed E-state index contributed by atoms with van der Waals surface area (Å²) in [6.45, 7) is 9.45. The molecule has 0 N–H and O–H groups in total. The highest BCUT2D eigenvalue weighted by Crippen LogP contribution is 2.15. The van der Waals surface area contributed by atoms with E-state index in [1.807, 2.05) is 18.3 Å². The Kier molecular flexibility index (Phi) is 4.60. The fraction of sp³-hybridized carbons (Fsp3) is 0.615. The van der Waals surface area contributed by atoms with Gasteiger partial charge in [0.05, 0.1) is 12.8 Å². The van der Waals surface area contributed by atoms with Gasteiger partial charge in [-0.15, -0.1) is 0 Å². The molecule has 84 valence electrons. The van der Waals surface area contributed by atoms with Crippen LogP contribution in [0, 0.1) is 5.92 Å². The zero-order valence-electron chi connectivity index (χ0n) is 10.2. The third-order valence-electron chi connectivity index (χ3n) is 2.31. The van der Waals surface area contributed by atoms with Gasteiger partial charge in [-0.25, -0.2) is 0 Å². The van der Waals surface area contributed by atoms with Crippen molar-refractivity contribution >= 4 is 0 Å². The third-order valence-corrected chi connectivity index (χ3v) is 2.31. The normalized spacial score (nSPS) is 11.1. The molecule has 0 aliphatic heterocycles. The van der Waals surface area contributed by atoms with Gasteiger partial charge in [-0.3, -0.25) is 4.98 Å². The van der Waals surface area contributed by atoms with Gasteiger partial charge >= 0.3 is 0 Å². The molecule has 0 bridgehead atoms. The van der Waals surface area contributed by atoms with Crippen LogP contribution in [0.25, 0.3) is 0 Å². The second-order valence-corrected chi connectivity index (χ2v) is 4.60. The molecular formula is C13H21NO. The molecule has 2 heteroatoms. The Morgan fingerprint density at radius 1 is 1.20 bits per heavy atom. The van der Waals surface area contributed by atoms with Crippen molar-refractivity contribution in [2.24, 2.45) is 5.92 Å². The lowest BCUT2D eigenvalue weighted by molar-refractivity contribution is 0.288. The Bertz CT molecular complexity index is 277. The molecule has 15 heavy (non-hydrogen) atoms. The van der Waals surface area contributed by atoms with Crippen LogP contribution in [-0.2, 0) is 0 Å². The molecule has 0 fully saturated rings. The first-order valence-corrected chi connectivity index (χ1v) is 5.68. The summed E-state index contributed by atoms with van der Waals surface area (Å²) < 4.78 is 5.59. The molecule has 2 nitrogen and oxygen atoms in total. The van der Waals surface area contributed by atoms with Crippen LogP contribution < -0.4 is 4.74 Å². The molecule has 0 spiro atoms. The van der Waals surface area contributed by atoms with Crippen LogP contribution in [-0.4, -0.2) is 11.6 Å². The maximum absolute atomic E-state index is 5.59. The number of rotatable bonds is 5. The van der Waals surface area contributed by atoms with E-state index < -0.39 is 0 Å². The van der Waals surface area contributed by atoms with Crippen molar-refractivity contribution in [3.8, 4) is 5.75 Å². The van der Waals surface area contributed by atoms with Crippen molar-refractivity contribution in [1.82, 2.24) is 4.98 Å². The van der Waals surface area contributed by atoms with Crippen molar-refractivity contribution in [2.45, 2.75) is 40.0 Å². The summed E-state index contributed by atoms with van der Waals surface area (Å²) in [5.74, 6) is 2.04. The average Bonchev–Trinajstić information content (AvgIpc) is 2.18. The van der Waals surface area contributed by atoms with Crippen LogP contribution in [0.4, 0.5) is 0 Å². The predicted octanol–water partition coefficient (Wildman–Crippen LogP) is 3.63. The van der Waals surface area contributed by atoms with Gasteiger partial charge in [0.1, 0.15) is 5.75 Å². The fourth-order valence-electron chi connectivity index (χ4n) is 1.23. The van der Waals surface area contributed by atoms with Gasteiger partial charge in [0.25, 0.3) is 0 Å². The van der Waals surface area contributed by atoms with Crippen LogP contribution in [0.1, 0.15) is 45.7 Å². The monoisotopic (exact) mass is 207 g/mol. The molecule has 1 aromatic heterocycles. The minimum Gasteiger partial charge on any atom is -0.492 e. The average molecular weight is 207 g/mol. The SMILES string of the molecule is CC(C)CCOc1ccc(C(C)C)nc1. The maximum atomic E-state index is 5.59. The summed E-state index contributed by atoms with van der Waals surface area (Å²) in [4.78, 5) is 4.35. The number of hydrogen-bond donors (Lipinski definition) is 0. The molecule has 0 unspecified atom stereocenters. The number of pyridine rings is 1. The molecule has 0 aliphatic carbocycles. The van der Waals surface area contributed by atoms with E-state index in [0.717, 1.165) is 24.5 Å². The van der Waals surface area contributed by atoms with E-state index >= 15 is 0 Å². The minimum atomic E-state index is 0.481. The highest BCUT2D eigenvalue weighted by Gasteiger charge is 2.01. The van der Waals surface area contributed by atoms with E-state index in [1.165, 1.54) is 0 Å². The summed E-state index contributed by atoms with van der Waals surface area (Å²) in [6.07, 6.45) is 2.90. The summed E-state index contributed by atoms with van der Waals surface area (Å²) in [6, 6.07) is 4.04. The number of nitrogens with zero attached hydrogens (tertiary/aromatic N) is 1. The lowest BCUT2D eigenvalue weighted by Crippen LogP contribution is -2.02. The summed E-state index contributed by atoms with van der Waals surface area (Å²) in [5, 5.41) is 0. The number of aromatic nitrogens is 1. The molecule has 0 amide bonds. The van der Waals surface area contributed by atoms with Gasteiger partial charge in [-0.2, -0.15) is 0 Å². The van der Waals surface area contributed by atoms with Crippen molar-refractivity contribution in [3.63, 3.8) is 0 Å². The van der Waals surface area contributed by atoms with E-state index in [2.05, 4.69) is 32.7 Å². The molecule has 0 aromatic carbocycles. The maximum Gasteiger partial charge on any atom is 0.137 e. The minimum absolute atomic E-state index is 0.481. The van der Waals surface area contributed by atoms with E-state index in [9.17, 15) is 0 Å². The molecule has 0 radical (unpaired) electrons. The van der Waals surface area contributed by atoms with Crippen LogP contribution in [0.2, 0.25) is 0 Å². The molecule has 1 rings (SSSR count). The topological polar surface area (TPSA) is 22.1 Å². The fourth-order valence-corrected chi connectivity index (χ4v) is 1.23. The Morgan fingerprint density at radius 2 is 1.93 bits per heavy atom. The molecule has 0 saturated heterocycles. The molecule has 1 aromatic rings. The van der Waals surface area contributed by atoms with Gasteiger partial charge in [-0.1, -0.05) is 27.7 Å². The van der Waals surface area contributed by atoms with Crippen LogP contribution >= 0.6 is 0 Å². The van der Waals surface area contributed by atoms with Crippen LogP contribution in [0.15, 0.2) is 18.3 Å². The predicted molar refractivity (Wildman–Crippen MR) is 63.3 cm³/mol. The van der Waals surface area contributed by atoms with Gasteiger partial charge in [0, 0.05) is 5.69 Å². The molecule has 0 atom stereocenters. The zero-order chi connectivity index (χ0) is 11.3. The summed E-state index contributed by atoms with van der Waals surface area (Å²) in [5.41, 5.74) is 1.12. The smallest absolute Gasteiger partial charge is 0.137 e. The Morgan fingerprint density at radius 3 is 2.40 bits per heavy atom. The van der Waals surface area contributed by atoms with E-state index in [0.29, 0.717) is 11.8 Å². The largest absolute Gasteiger partial charge is 0.492 e. The third kappa shape index (κ3) is 4.32. The second kappa shape index (κ2) is 5.74. The second-order valence-electron chi connectivity index (χ2n) is 4.60. The molecule has 0 aliphatic rings. The van der Waals surface area contributed by atoms with Gasteiger partial charge in [0.15, 0.2) is 0 Å². The van der Waals surface area contributed by atoms with Gasteiger partial charge < -0.3 is 4.74 Å². The first-order chi connectivity index (χ1) is 7.09. The molecule has 1 heterocycles. The number of ether oxygens (including phenoxy) is 1. The van der Waals surface area contributed by atoms with Gasteiger partial charge in [-0.05, 0) is 30.4 Å². The van der Waals surface area contributed by atoms with Crippen molar-refractivity contribution in [1.29, 1.82) is 0 Å². The summed E-state index contributed by atoms with van der Waals surface area (Å²) >= 11 is 0. The Balaban J connectivity index is 2.43. The molecule has 0 saturated carbocycles. The number of hydrogen-bond acceptors (Lipinski definition) is 2. The van der Waals surface area contributed by atoms with Crippen molar-refractivity contribution in [2.75, 3.05) is 6.61 Å². The summed E-state index contributed by atoms with van der Waals surface area (Å²) in [7, 11) is 0. The highest BCUT2D eigenvalue weighted by atomic mass is 16.5. The van der Waals surface area contributed by atoms with Crippen LogP contribution in [0.5, 0.6) is 5.75 Å². The van der Waals surface area contributed by atoms with Crippen LogP contribution in [0.3, 0.4) is 0 Å². The van der Waals surface area contributed by atoms with Crippen molar-refractivity contribution in [3.05, 3.63) is 24.0 Å². The van der Waals surface area contributed by atoms with E-state index in [4.69, 9.17) is 4.74 Å². The Hall–Kier alpha value is -1.05. The zero-order valence-corrected chi connectivity index (χ0v) is 10.2. The molecular weight excluding hydrogens is 186 g/mol. The lowest BCUT2D eigenvalue weighted by atomic mass is 10.1. The first-order valence-electron chi connectivity index (χ1n) is 5.68. The Labute approximate surface area is 92.7 Å². The lowest BCUT2D eigenvalue weighted by Gasteiger charge is -2.09. The van der Waals surface area contributed by atoms with E-state index in [-0.39, 0.29) is 0 Å². The quantitative estimate of drug-likeness (QED) is 0.735. The first kappa shape index (κ1) is 12.0. The van der Waals surface area contributed by atoms with Crippen molar-refractivity contribution < 1.29 is 4.74 Å². The standard InChI is InChI=1S/C13H21NO/c1-10(2)7-8-15-12-5-6-13(11(3)4)14-9-12/h5-6,9-11H,7-8H2,1-4H3. The van der Waals surface area contributed by atoms with Gasteiger partial charge in [0.2, 0.25) is 0 Å².